The van der Waals surface area contributed by atoms with Gasteiger partial charge in [0.1, 0.15) is 0 Å². The molecule has 0 saturated heterocycles. The first-order chi connectivity index (χ1) is 11.1. The number of rotatable bonds is 3. The molecule has 3 nitrogen and oxygen atoms in total. The third kappa shape index (κ3) is 2.12. The highest BCUT2D eigenvalue weighted by Crippen LogP contribution is 2.56. The van der Waals surface area contributed by atoms with Crippen LogP contribution in [0.3, 0.4) is 0 Å². The molecule has 0 aliphatic heterocycles. The van der Waals surface area contributed by atoms with Crippen LogP contribution in [0.1, 0.15) is 39.9 Å². The van der Waals surface area contributed by atoms with Gasteiger partial charge < -0.3 is 5.73 Å². The molecule has 1 heterocycles. The predicted octanol–water partition coefficient (Wildman–Crippen LogP) is 3.72. The molecule has 4 rings (SSSR count). The van der Waals surface area contributed by atoms with E-state index in [1.54, 1.807) is 0 Å². The zero-order valence-electron chi connectivity index (χ0n) is 13.0. The van der Waals surface area contributed by atoms with Crippen LogP contribution in [0.4, 0.5) is 0 Å². The van der Waals surface area contributed by atoms with Crippen molar-refractivity contribution in [1.29, 1.82) is 0 Å². The maximum atomic E-state index is 11.9. The van der Waals surface area contributed by atoms with Gasteiger partial charge in [0.05, 0.1) is 5.52 Å². The number of benzene rings is 2. The fourth-order valence-corrected chi connectivity index (χ4v) is 3.64. The Hall–Kier alpha value is -2.68. The number of aryl methyl sites for hydroxylation is 1. The van der Waals surface area contributed by atoms with E-state index in [2.05, 4.69) is 30.1 Å². The average Bonchev–Trinajstić information content (AvgIpc) is 3.35. The maximum Gasteiger partial charge on any atom is 0.249 e. The highest BCUT2D eigenvalue weighted by molar-refractivity contribution is 5.96. The molecule has 0 spiro atoms. The van der Waals surface area contributed by atoms with Crippen molar-refractivity contribution in [3.63, 3.8) is 0 Å². The fraction of sp³-hybridized carbons (Fsp3) is 0.200. The summed E-state index contributed by atoms with van der Waals surface area (Å²) in [7, 11) is 0. The van der Waals surface area contributed by atoms with Crippen LogP contribution in [0.5, 0.6) is 0 Å². The van der Waals surface area contributed by atoms with E-state index in [9.17, 15) is 4.79 Å². The number of hydrogen-bond acceptors (Lipinski definition) is 2. The molecule has 1 aliphatic rings. The minimum Gasteiger partial charge on any atom is -0.366 e. The molecule has 0 unspecified atom stereocenters. The summed E-state index contributed by atoms with van der Waals surface area (Å²) in [6, 6.07) is 16.1. The van der Waals surface area contributed by atoms with Crippen LogP contribution in [0.15, 0.2) is 54.7 Å². The van der Waals surface area contributed by atoms with Crippen LogP contribution in [0.25, 0.3) is 10.9 Å². The molecule has 114 valence electrons. The Kier molecular flexibility index (Phi) is 2.98. The van der Waals surface area contributed by atoms with Crippen molar-refractivity contribution in [1.82, 2.24) is 4.98 Å². The molecule has 3 aromatic rings. The van der Waals surface area contributed by atoms with E-state index >= 15 is 0 Å². The second-order valence-electron chi connectivity index (χ2n) is 6.37. The minimum absolute atomic E-state index is 0.112. The third-order valence-corrected chi connectivity index (χ3v) is 4.84. The van der Waals surface area contributed by atoms with Crippen molar-refractivity contribution in [3.8, 4) is 0 Å². The second kappa shape index (κ2) is 4.92. The molecule has 2 N–H and O–H groups in total. The van der Waals surface area contributed by atoms with E-state index < -0.39 is 0 Å². The van der Waals surface area contributed by atoms with Crippen molar-refractivity contribution in [2.75, 3.05) is 0 Å². The van der Waals surface area contributed by atoms with E-state index in [0.29, 0.717) is 5.56 Å². The van der Waals surface area contributed by atoms with Gasteiger partial charge in [0, 0.05) is 22.6 Å². The lowest BCUT2D eigenvalue weighted by atomic mass is 9.82. The molecular weight excluding hydrogens is 284 g/mol. The van der Waals surface area contributed by atoms with Crippen molar-refractivity contribution in [2.24, 2.45) is 5.73 Å². The summed E-state index contributed by atoms with van der Waals surface area (Å²) in [4.78, 5) is 16.4. The van der Waals surface area contributed by atoms with Crippen molar-refractivity contribution in [2.45, 2.75) is 25.2 Å². The summed E-state index contributed by atoms with van der Waals surface area (Å²) in [5.74, 6) is -0.359. The van der Waals surface area contributed by atoms with Gasteiger partial charge in [0.2, 0.25) is 5.91 Å². The zero-order valence-corrected chi connectivity index (χ0v) is 13.0. The average molecular weight is 302 g/mol. The number of amides is 1. The Morgan fingerprint density at radius 1 is 1.09 bits per heavy atom. The number of fused-ring (bicyclic) bond motifs is 1. The SMILES string of the molecule is Cc1cc(C2(c3ccccc3C(N)=O)CC2)c2cccnc2c1. The maximum absolute atomic E-state index is 11.9. The monoisotopic (exact) mass is 302 g/mol. The van der Waals surface area contributed by atoms with Crippen molar-refractivity contribution in [3.05, 3.63) is 77.0 Å². The Morgan fingerprint density at radius 3 is 2.61 bits per heavy atom. The number of carbonyl (C=O) groups is 1. The molecule has 1 amide bonds. The van der Waals surface area contributed by atoms with E-state index in [4.69, 9.17) is 5.73 Å². The van der Waals surface area contributed by atoms with Crippen LogP contribution in [0, 0.1) is 6.92 Å². The molecule has 1 fully saturated rings. The number of primary amides is 1. The summed E-state index contributed by atoms with van der Waals surface area (Å²) in [6.07, 6.45) is 3.89. The number of aromatic nitrogens is 1. The van der Waals surface area contributed by atoms with Gasteiger partial charge in [-0.2, -0.15) is 0 Å². The van der Waals surface area contributed by atoms with Gasteiger partial charge in [-0.15, -0.1) is 0 Å². The van der Waals surface area contributed by atoms with E-state index in [-0.39, 0.29) is 11.3 Å². The summed E-state index contributed by atoms with van der Waals surface area (Å²) >= 11 is 0. The van der Waals surface area contributed by atoms with Gasteiger partial charge in [0.25, 0.3) is 0 Å². The molecule has 0 atom stereocenters. The number of nitrogens with two attached hydrogens (primary N) is 1. The quantitative estimate of drug-likeness (QED) is 0.801. The van der Waals surface area contributed by atoms with Crippen molar-refractivity contribution >= 4 is 16.8 Å². The Morgan fingerprint density at radius 2 is 1.87 bits per heavy atom. The summed E-state index contributed by atoms with van der Waals surface area (Å²) < 4.78 is 0. The van der Waals surface area contributed by atoms with Gasteiger partial charge in [-0.1, -0.05) is 30.3 Å². The molecule has 23 heavy (non-hydrogen) atoms. The first kappa shape index (κ1) is 13.9. The Bertz CT molecular complexity index is 926. The summed E-state index contributed by atoms with van der Waals surface area (Å²) in [5.41, 5.74) is 10.6. The first-order valence-electron chi connectivity index (χ1n) is 7.87. The van der Waals surface area contributed by atoms with E-state index in [1.165, 1.54) is 11.1 Å². The normalized spacial score (nSPS) is 15.5. The summed E-state index contributed by atoms with van der Waals surface area (Å²) in [5, 5.41) is 1.16. The largest absolute Gasteiger partial charge is 0.366 e. The Labute approximate surface area is 135 Å². The summed E-state index contributed by atoms with van der Waals surface area (Å²) in [6.45, 7) is 2.09. The number of pyridine rings is 1. The molecule has 0 radical (unpaired) electrons. The first-order valence-corrected chi connectivity index (χ1v) is 7.87. The lowest BCUT2D eigenvalue weighted by Gasteiger charge is -2.21. The topological polar surface area (TPSA) is 56.0 Å². The lowest BCUT2D eigenvalue weighted by molar-refractivity contribution is 0.0999. The molecule has 1 aliphatic carbocycles. The molecule has 3 heteroatoms. The van der Waals surface area contributed by atoms with Gasteiger partial charge in [-0.3, -0.25) is 9.78 Å². The van der Waals surface area contributed by atoms with Crippen LogP contribution in [0.2, 0.25) is 0 Å². The smallest absolute Gasteiger partial charge is 0.249 e. The number of carbonyl (C=O) groups excluding carboxylic acids is 1. The number of hydrogen-bond donors (Lipinski definition) is 1. The van der Waals surface area contributed by atoms with E-state index in [1.807, 2.05) is 36.5 Å². The van der Waals surface area contributed by atoms with Crippen LogP contribution in [-0.2, 0) is 5.41 Å². The second-order valence-corrected chi connectivity index (χ2v) is 6.37. The van der Waals surface area contributed by atoms with Gasteiger partial charge >= 0.3 is 0 Å². The standard InChI is InChI=1S/C20H18N2O/c1-13-11-17(14-6-4-10-22-18(14)12-13)20(8-9-20)16-7-3-2-5-15(16)19(21)23/h2-7,10-12H,8-9H2,1H3,(H2,21,23). The van der Waals surface area contributed by atoms with Gasteiger partial charge in [-0.05, 0) is 54.7 Å². The molecule has 1 saturated carbocycles. The Balaban J connectivity index is 2.00. The zero-order chi connectivity index (χ0) is 16.0. The molecule has 1 aromatic heterocycles. The predicted molar refractivity (Wildman–Crippen MR) is 91.5 cm³/mol. The minimum atomic E-state index is -0.359. The van der Waals surface area contributed by atoms with Crippen molar-refractivity contribution < 1.29 is 4.79 Å². The van der Waals surface area contributed by atoms with Crippen LogP contribution < -0.4 is 5.73 Å². The molecule has 0 bridgehead atoms. The molecular formula is C20H18N2O. The van der Waals surface area contributed by atoms with Crippen LogP contribution in [-0.4, -0.2) is 10.9 Å². The molecule has 2 aromatic carbocycles. The lowest BCUT2D eigenvalue weighted by Crippen LogP contribution is -2.19. The number of nitrogens with zero attached hydrogens (tertiary/aromatic N) is 1. The fourth-order valence-electron chi connectivity index (χ4n) is 3.64. The van der Waals surface area contributed by atoms with Crippen LogP contribution >= 0.6 is 0 Å². The van der Waals surface area contributed by atoms with Gasteiger partial charge in [-0.25, -0.2) is 0 Å². The third-order valence-electron chi connectivity index (χ3n) is 4.84. The van der Waals surface area contributed by atoms with Gasteiger partial charge in [0.15, 0.2) is 0 Å². The highest BCUT2D eigenvalue weighted by Gasteiger charge is 2.48. The van der Waals surface area contributed by atoms with E-state index in [0.717, 1.165) is 29.3 Å². The highest BCUT2D eigenvalue weighted by atomic mass is 16.1.